The van der Waals surface area contributed by atoms with E-state index >= 15 is 0 Å². The zero-order valence-corrected chi connectivity index (χ0v) is 13.6. The summed E-state index contributed by atoms with van der Waals surface area (Å²) in [5.41, 5.74) is 5.79. The number of primary amides is 1. The predicted octanol–water partition coefficient (Wildman–Crippen LogP) is 2.20. The highest BCUT2D eigenvalue weighted by Gasteiger charge is 2.28. The van der Waals surface area contributed by atoms with Crippen molar-refractivity contribution >= 4 is 17.6 Å². The molecule has 0 aliphatic carbocycles. The minimum atomic E-state index is -0.782. The van der Waals surface area contributed by atoms with Crippen molar-refractivity contribution in [2.24, 2.45) is 5.73 Å². The number of urea groups is 1. The summed E-state index contributed by atoms with van der Waals surface area (Å²) in [5.74, 6) is 0.622. The van der Waals surface area contributed by atoms with Gasteiger partial charge in [0.25, 0.3) is 0 Å². The number of hydrogen-bond donors (Lipinski definition) is 2. The topological polar surface area (TPSA) is 93.9 Å². The monoisotopic (exact) mass is 341 g/mol. The van der Waals surface area contributed by atoms with Crippen LogP contribution < -0.4 is 15.8 Å². The fourth-order valence-electron chi connectivity index (χ4n) is 2.47. The highest BCUT2D eigenvalue weighted by atomic mass is 16.5. The zero-order chi connectivity index (χ0) is 17.6. The molecule has 3 rings (SSSR count). The van der Waals surface area contributed by atoms with Crippen LogP contribution >= 0.6 is 0 Å². The van der Waals surface area contributed by atoms with E-state index in [0.29, 0.717) is 23.7 Å². The van der Waals surface area contributed by atoms with E-state index in [1.165, 1.54) is 4.90 Å². The van der Waals surface area contributed by atoms with E-state index in [9.17, 15) is 9.59 Å². The van der Waals surface area contributed by atoms with E-state index in [1.54, 1.807) is 18.2 Å². The average Bonchev–Trinajstić information content (AvgIpc) is 2.64. The minimum Gasteiger partial charge on any atom is -0.455 e. The molecule has 2 aromatic carbocycles. The Morgan fingerprint density at radius 1 is 1.12 bits per heavy atom. The van der Waals surface area contributed by atoms with E-state index in [0.717, 1.165) is 0 Å². The van der Waals surface area contributed by atoms with Gasteiger partial charge in [-0.25, -0.2) is 4.79 Å². The number of anilines is 1. The lowest BCUT2D eigenvalue weighted by Crippen LogP contribution is -2.51. The van der Waals surface area contributed by atoms with Crippen LogP contribution in [0.3, 0.4) is 0 Å². The van der Waals surface area contributed by atoms with Crippen LogP contribution in [0.2, 0.25) is 0 Å². The number of carbonyl (C=O) groups is 2. The Morgan fingerprint density at radius 2 is 1.84 bits per heavy atom. The predicted molar refractivity (Wildman–Crippen MR) is 92.5 cm³/mol. The molecule has 130 valence electrons. The summed E-state index contributed by atoms with van der Waals surface area (Å²) < 4.78 is 11.1. The molecule has 0 aromatic heterocycles. The average molecular weight is 341 g/mol. The molecular formula is C18H19N3O4. The SMILES string of the molecule is NC(=O)[C@H]1CN(C(=O)Nc2ccccc2Oc2ccccc2)CCO1. The summed E-state index contributed by atoms with van der Waals surface area (Å²) in [5, 5.41) is 2.81. The molecule has 0 radical (unpaired) electrons. The normalized spacial score (nSPS) is 17.0. The third-order valence-electron chi connectivity index (χ3n) is 3.77. The van der Waals surface area contributed by atoms with Gasteiger partial charge in [-0.1, -0.05) is 30.3 Å². The molecule has 0 spiro atoms. The maximum Gasteiger partial charge on any atom is 0.322 e. The molecule has 7 heteroatoms. The summed E-state index contributed by atoms with van der Waals surface area (Å²) in [7, 11) is 0. The molecule has 7 nitrogen and oxygen atoms in total. The van der Waals surface area contributed by atoms with Gasteiger partial charge in [-0.3, -0.25) is 4.79 Å². The van der Waals surface area contributed by atoms with Crippen molar-refractivity contribution in [2.75, 3.05) is 25.0 Å². The fourth-order valence-corrected chi connectivity index (χ4v) is 2.47. The first-order valence-corrected chi connectivity index (χ1v) is 7.92. The van der Waals surface area contributed by atoms with Gasteiger partial charge in [-0.05, 0) is 24.3 Å². The van der Waals surface area contributed by atoms with Crippen LogP contribution in [0.1, 0.15) is 0 Å². The number of ether oxygens (including phenoxy) is 2. The summed E-state index contributed by atoms with van der Waals surface area (Å²) in [4.78, 5) is 25.2. The molecule has 2 aromatic rings. The molecule has 1 fully saturated rings. The van der Waals surface area contributed by atoms with Gasteiger partial charge in [0.05, 0.1) is 18.8 Å². The fraction of sp³-hybridized carbons (Fsp3) is 0.222. The van der Waals surface area contributed by atoms with Crippen molar-refractivity contribution in [3.05, 3.63) is 54.6 Å². The Bertz CT molecular complexity index is 751. The standard InChI is InChI=1S/C18H19N3O4/c19-17(22)16-12-21(10-11-24-16)18(23)20-14-8-4-5-9-15(14)25-13-6-2-1-3-7-13/h1-9,16H,10-12H2,(H2,19,22)(H,20,23)/t16-/m1/s1. The van der Waals surface area contributed by atoms with Crippen LogP contribution in [0, 0.1) is 0 Å². The third-order valence-corrected chi connectivity index (χ3v) is 3.77. The maximum atomic E-state index is 12.5. The van der Waals surface area contributed by atoms with E-state index in [2.05, 4.69) is 5.32 Å². The Labute approximate surface area is 145 Å². The van der Waals surface area contributed by atoms with Gasteiger partial charge >= 0.3 is 6.03 Å². The quantitative estimate of drug-likeness (QED) is 0.891. The van der Waals surface area contributed by atoms with Crippen molar-refractivity contribution in [3.8, 4) is 11.5 Å². The second-order valence-corrected chi connectivity index (χ2v) is 5.55. The van der Waals surface area contributed by atoms with Gasteiger partial charge in [0.15, 0.2) is 11.9 Å². The van der Waals surface area contributed by atoms with Gasteiger partial charge in [0, 0.05) is 6.54 Å². The lowest BCUT2D eigenvalue weighted by atomic mass is 10.2. The molecule has 3 amide bonds. The first-order valence-electron chi connectivity index (χ1n) is 7.92. The van der Waals surface area contributed by atoms with Crippen LogP contribution in [0.4, 0.5) is 10.5 Å². The number of nitrogens with two attached hydrogens (primary N) is 1. The molecule has 0 unspecified atom stereocenters. The number of benzene rings is 2. The Morgan fingerprint density at radius 3 is 2.60 bits per heavy atom. The maximum absolute atomic E-state index is 12.5. The number of morpholine rings is 1. The number of amides is 3. The number of nitrogens with one attached hydrogen (secondary N) is 1. The highest BCUT2D eigenvalue weighted by Crippen LogP contribution is 2.29. The summed E-state index contributed by atoms with van der Waals surface area (Å²) in [6, 6.07) is 16.1. The number of hydrogen-bond acceptors (Lipinski definition) is 4. The van der Waals surface area contributed by atoms with Crippen molar-refractivity contribution < 1.29 is 19.1 Å². The van der Waals surface area contributed by atoms with Crippen molar-refractivity contribution in [1.82, 2.24) is 4.90 Å². The molecule has 0 bridgehead atoms. The lowest BCUT2D eigenvalue weighted by molar-refractivity contribution is -0.133. The molecule has 1 saturated heterocycles. The molecule has 1 atom stereocenters. The number of rotatable bonds is 4. The van der Waals surface area contributed by atoms with Gasteiger partial charge in [0.1, 0.15) is 5.75 Å². The number of carbonyl (C=O) groups excluding carboxylic acids is 2. The molecule has 1 aliphatic heterocycles. The van der Waals surface area contributed by atoms with Crippen LogP contribution in [0.25, 0.3) is 0 Å². The third kappa shape index (κ3) is 4.27. The van der Waals surface area contributed by atoms with Gasteiger partial charge in [-0.2, -0.15) is 0 Å². The van der Waals surface area contributed by atoms with Gasteiger partial charge in [-0.15, -0.1) is 0 Å². The molecule has 25 heavy (non-hydrogen) atoms. The highest BCUT2D eigenvalue weighted by molar-refractivity contribution is 5.91. The molecular weight excluding hydrogens is 322 g/mol. The van der Waals surface area contributed by atoms with Crippen LogP contribution in [-0.2, 0) is 9.53 Å². The van der Waals surface area contributed by atoms with Crippen LogP contribution in [0.15, 0.2) is 54.6 Å². The smallest absolute Gasteiger partial charge is 0.322 e. The molecule has 0 saturated carbocycles. The second kappa shape index (κ2) is 7.67. The van der Waals surface area contributed by atoms with E-state index in [1.807, 2.05) is 36.4 Å². The second-order valence-electron chi connectivity index (χ2n) is 5.55. The van der Waals surface area contributed by atoms with Crippen molar-refractivity contribution in [1.29, 1.82) is 0 Å². The first kappa shape index (κ1) is 16.8. The molecule has 1 aliphatic rings. The lowest BCUT2D eigenvalue weighted by Gasteiger charge is -2.31. The Kier molecular flexibility index (Phi) is 5.15. The van der Waals surface area contributed by atoms with Crippen LogP contribution in [0.5, 0.6) is 11.5 Å². The van der Waals surface area contributed by atoms with E-state index in [4.69, 9.17) is 15.2 Å². The van der Waals surface area contributed by atoms with Gasteiger partial charge < -0.3 is 25.4 Å². The minimum absolute atomic E-state index is 0.128. The number of para-hydroxylation sites is 3. The summed E-state index contributed by atoms with van der Waals surface area (Å²) >= 11 is 0. The zero-order valence-electron chi connectivity index (χ0n) is 13.6. The van der Waals surface area contributed by atoms with Gasteiger partial charge in [0.2, 0.25) is 5.91 Å². The number of nitrogens with zero attached hydrogens (tertiary/aromatic N) is 1. The Hall–Kier alpha value is -3.06. The van der Waals surface area contributed by atoms with E-state index in [-0.39, 0.29) is 19.2 Å². The molecule has 3 N–H and O–H groups in total. The first-order chi connectivity index (χ1) is 12.1. The molecule has 1 heterocycles. The largest absolute Gasteiger partial charge is 0.455 e. The van der Waals surface area contributed by atoms with Crippen LogP contribution in [-0.4, -0.2) is 42.6 Å². The van der Waals surface area contributed by atoms with E-state index < -0.39 is 12.0 Å². The summed E-state index contributed by atoms with van der Waals surface area (Å²) in [6.07, 6.45) is -0.782. The van der Waals surface area contributed by atoms with Crippen molar-refractivity contribution in [3.63, 3.8) is 0 Å². The summed E-state index contributed by atoms with van der Waals surface area (Å²) in [6.45, 7) is 0.781. The Balaban J connectivity index is 1.70. The van der Waals surface area contributed by atoms with Crippen molar-refractivity contribution in [2.45, 2.75) is 6.10 Å².